The van der Waals surface area contributed by atoms with Gasteiger partial charge in [0.15, 0.2) is 0 Å². The number of methoxy groups -OCH3 is 1. The highest BCUT2D eigenvalue weighted by Gasteiger charge is 2.26. The Morgan fingerprint density at radius 3 is 2.50 bits per heavy atom. The van der Waals surface area contributed by atoms with E-state index >= 15 is 0 Å². The van der Waals surface area contributed by atoms with Crippen LogP contribution in [0.2, 0.25) is 0 Å². The lowest BCUT2D eigenvalue weighted by atomic mass is 9.93. The summed E-state index contributed by atoms with van der Waals surface area (Å²) < 4.78 is 4.71. The first-order valence-corrected chi connectivity index (χ1v) is 5.48. The molecule has 1 aromatic rings. The van der Waals surface area contributed by atoms with Gasteiger partial charge in [0.2, 0.25) is 0 Å². The van der Waals surface area contributed by atoms with Gasteiger partial charge < -0.3 is 9.84 Å². The summed E-state index contributed by atoms with van der Waals surface area (Å²) in [6, 6.07) is 9.65. The summed E-state index contributed by atoms with van der Waals surface area (Å²) in [7, 11) is 1.35. The molecule has 0 heterocycles. The molecule has 0 aliphatic carbocycles. The van der Waals surface area contributed by atoms with Crippen molar-refractivity contribution in [3.8, 4) is 0 Å². The first-order chi connectivity index (χ1) is 7.69. The quantitative estimate of drug-likeness (QED) is 0.773. The number of ether oxygens (including phenoxy) is 1. The third-order valence-electron chi connectivity index (χ3n) is 2.69. The lowest BCUT2D eigenvalue weighted by Gasteiger charge is -2.19. The summed E-state index contributed by atoms with van der Waals surface area (Å²) >= 11 is 0. The Hall–Kier alpha value is -1.35. The largest absolute Gasteiger partial charge is 0.469 e. The van der Waals surface area contributed by atoms with Crippen LogP contribution in [-0.2, 0) is 16.0 Å². The van der Waals surface area contributed by atoms with Gasteiger partial charge in [0.1, 0.15) is 0 Å². The number of hydrogen-bond acceptors (Lipinski definition) is 3. The highest BCUT2D eigenvalue weighted by Crippen LogP contribution is 2.16. The molecule has 0 spiro atoms. The molecular formula is C13H18O3. The van der Waals surface area contributed by atoms with E-state index in [4.69, 9.17) is 4.74 Å². The molecule has 0 bridgehead atoms. The van der Waals surface area contributed by atoms with E-state index < -0.39 is 12.0 Å². The molecule has 0 radical (unpaired) electrons. The first kappa shape index (κ1) is 12.7. The van der Waals surface area contributed by atoms with Crippen LogP contribution in [0.1, 0.15) is 18.9 Å². The van der Waals surface area contributed by atoms with Crippen LogP contribution in [0.15, 0.2) is 30.3 Å². The Morgan fingerprint density at radius 1 is 1.38 bits per heavy atom. The van der Waals surface area contributed by atoms with E-state index in [0.29, 0.717) is 12.8 Å². The topological polar surface area (TPSA) is 46.5 Å². The van der Waals surface area contributed by atoms with Gasteiger partial charge in [-0.2, -0.15) is 0 Å². The molecule has 1 N–H and O–H groups in total. The smallest absolute Gasteiger partial charge is 0.311 e. The van der Waals surface area contributed by atoms with E-state index in [0.717, 1.165) is 5.56 Å². The standard InChI is InChI=1S/C13H18O3/c1-3-12(14)11(13(15)16-2)9-10-7-5-4-6-8-10/h4-8,11-12,14H,3,9H2,1-2H3/t11-,12+/m1/s1. The molecule has 3 heteroatoms. The minimum atomic E-state index is -0.646. The zero-order valence-corrected chi connectivity index (χ0v) is 9.72. The number of benzene rings is 1. The van der Waals surface area contributed by atoms with Gasteiger partial charge in [0.05, 0.1) is 19.1 Å². The van der Waals surface area contributed by atoms with Crippen LogP contribution in [0, 0.1) is 5.92 Å². The molecule has 3 nitrogen and oxygen atoms in total. The summed E-state index contributed by atoms with van der Waals surface area (Å²) in [4.78, 5) is 11.5. The molecular weight excluding hydrogens is 204 g/mol. The van der Waals surface area contributed by atoms with Crippen LogP contribution in [0.5, 0.6) is 0 Å². The van der Waals surface area contributed by atoms with Gasteiger partial charge in [-0.15, -0.1) is 0 Å². The molecule has 0 aliphatic rings. The fourth-order valence-corrected chi connectivity index (χ4v) is 1.68. The first-order valence-electron chi connectivity index (χ1n) is 5.48. The Labute approximate surface area is 96.1 Å². The Balaban J connectivity index is 2.75. The van der Waals surface area contributed by atoms with Gasteiger partial charge in [0.25, 0.3) is 0 Å². The number of hydrogen-bond donors (Lipinski definition) is 1. The van der Waals surface area contributed by atoms with Crippen LogP contribution in [0.25, 0.3) is 0 Å². The summed E-state index contributed by atoms with van der Waals surface area (Å²) in [6.07, 6.45) is 0.419. The molecule has 0 amide bonds. The average Bonchev–Trinajstić information content (AvgIpc) is 2.35. The minimum Gasteiger partial charge on any atom is -0.469 e. The van der Waals surface area contributed by atoms with E-state index in [9.17, 15) is 9.90 Å². The molecule has 0 aromatic heterocycles. The summed E-state index contributed by atoms with van der Waals surface area (Å²) in [5.74, 6) is -0.824. The van der Waals surface area contributed by atoms with Crippen molar-refractivity contribution in [2.45, 2.75) is 25.9 Å². The van der Waals surface area contributed by atoms with Crippen molar-refractivity contribution in [2.75, 3.05) is 7.11 Å². The number of aliphatic hydroxyl groups excluding tert-OH is 1. The molecule has 0 aliphatic heterocycles. The van der Waals surface area contributed by atoms with Crippen LogP contribution in [0.4, 0.5) is 0 Å². The number of esters is 1. The third kappa shape index (κ3) is 3.35. The van der Waals surface area contributed by atoms with Crippen molar-refractivity contribution in [3.63, 3.8) is 0 Å². The highest BCUT2D eigenvalue weighted by atomic mass is 16.5. The maximum atomic E-state index is 11.5. The Bertz CT molecular complexity index is 321. The van der Waals surface area contributed by atoms with E-state index in [1.54, 1.807) is 0 Å². The zero-order chi connectivity index (χ0) is 12.0. The second kappa shape index (κ2) is 6.28. The number of carbonyl (C=O) groups is 1. The maximum absolute atomic E-state index is 11.5. The lowest BCUT2D eigenvalue weighted by molar-refractivity contribution is -0.149. The molecule has 0 fully saturated rings. The molecule has 88 valence electrons. The van der Waals surface area contributed by atoms with E-state index in [2.05, 4.69) is 0 Å². The van der Waals surface area contributed by atoms with E-state index in [1.165, 1.54) is 7.11 Å². The minimum absolute atomic E-state index is 0.349. The monoisotopic (exact) mass is 222 g/mol. The molecule has 2 atom stereocenters. The van der Waals surface area contributed by atoms with Crippen molar-refractivity contribution in [3.05, 3.63) is 35.9 Å². The predicted octanol–water partition coefficient (Wildman–Crippen LogP) is 1.79. The summed E-state index contributed by atoms with van der Waals surface area (Å²) in [5.41, 5.74) is 1.03. The van der Waals surface area contributed by atoms with Gasteiger partial charge in [-0.1, -0.05) is 37.3 Å². The fourth-order valence-electron chi connectivity index (χ4n) is 1.68. The Kier molecular flexibility index (Phi) is 4.99. The highest BCUT2D eigenvalue weighted by molar-refractivity contribution is 5.73. The van der Waals surface area contributed by atoms with E-state index in [-0.39, 0.29) is 5.97 Å². The third-order valence-corrected chi connectivity index (χ3v) is 2.69. The maximum Gasteiger partial charge on any atom is 0.311 e. The molecule has 1 aromatic carbocycles. The molecule has 1 rings (SSSR count). The molecule has 0 unspecified atom stereocenters. The lowest BCUT2D eigenvalue weighted by Crippen LogP contribution is -2.30. The van der Waals surface area contributed by atoms with Gasteiger partial charge >= 0.3 is 5.97 Å². The van der Waals surface area contributed by atoms with Gasteiger partial charge in [-0.25, -0.2) is 0 Å². The van der Waals surface area contributed by atoms with Gasteiger partial charge in [-0.05, 0) is 18.4 Å². The fraction of sp³-hybridized carbons (Fsp3) is 0.462. The molecule has 16 heavy (non-hydrogen) atoms. The zero-order valence-electron chi connectivity index (χ0n) is 9.72. The van der Waals surface area contributed by atoms with Gasteiger partial charge in [0, 0.05) is 0 Å². The van der Waals surface area contributed by atoms with Crippen LogP contribution in [0.3, 0.4) is 0 Å². The SMILES string of the molecule is CC[C@H](O)[C@@H](Cc1ccccc1)C(=O)OC. The Morgan fingerprint density at radius 2 is 2.00 bits per heavy atom. The summed E-state index contributed by atoms with van der Waals surface area (Å²) in [6.45, 7) is 1.85. The van der Waals surface area contributed by atoms with Crippen molar-refractivity contribution in [1.29, 1.82) is 0 Å². The molecule has 0 saturated carbocycles. The molecule has 0 saturated heterocycles. The average molecular weight is 222 g/mol. The second-order valence-electron chi connectivity index (χ2n) is 3.79. The van der Waals surface area contributed by atoms with Crippen molar-refractivity contribution < 1.29 is 14.6 Å². The van der Waals surface area contributed by atoms with Crippen molar-refractivity contribution in [2.24, 2.45) is 5.92 Å². The van der Waals surface area contributed by atoms with Crippen molar-refractivity contribution in [1.82, 2.24) is 0 Å². The predicted molar refractivity (Wildman–Crippen MR) is 61.9 cm³/mol. The van der Waals surface area contributed by atoms with Crippen LogP contribution in [-0.4, -0.2) is 24.3 Å². The van der Waals surface area contributed by atoms with Crippen LogP contribution >= 0.6 is 0 Å². The number of aliphatic hydroxyl groups is 1. The second-order valence-corrected chi connectivity index (χ2v) is 3.79. The van der Waals surface area contributed by atoms with E-state index in [1.807, 2.05) is 37.3 Å². The summed E-state index contributed by atoms with van der Waals surface area (Å²) in [5, 5.41) is 9.78. The number of carbonyl (C=O) groups excluding carboxylic acids is 1. The normalized spacial score (nSPS) is 14.2. The number of rotatable bonds is 5. The van der Waals surface area contributed by atoms with Gasteiger partial charge in [-0.3, -0.25) is 4.79 Å². The van der Waals surface area contributed by atoms with Crippen molar-refractivity contribution >= 4 is 5.97 Å². The van der Waals surface area contributed by atoms with Crippen LogP contribution < -0.4 is 0 Å².